The topological polar surface area (TPSA) is 42.2 Å². The highest BCUT2D eigenvalue weighted by Crippen LogP contribution is 2.29. The molecular weight excluding hydrogens is 266 g/mol. The van der Waals surface area contributed by atoms with Crippen molar-refractivity contribution in [3.63, 3.8) is 0 Å². The molecule has 1 aliphatic carbocycles. The Kier molecular flexibility index (Phi) is 3.92. The molecule has 0 spiro atoms. The second kappa shape index (κ2) is 5.68. The maximum Gasteiger partial charge on any atom is 0.139 e. The number of hydrogen-bond acceptors (Lipinski definition) is 3. The van der Waals surface area contributed by atoms with Crippen LogP contribution in [0.2, 0.25) is 0 Å². The van der Waals surface area contributed by atoms with Crippen LogP contribution in [0.1, 0.15) is 49.4 Å². The third-order valence-electron chi connectivity index (χ3n) is 4.61. The maximum atomic E-state index is 5.95. The molecule has 3 nitrogen and oxygen atoms in total. The van der Waals surface area contributed by atoms with Crippen LogP contribution in [-0.4, -0.2) is 23.1 Å². The standard InChI is InChI=1S/C16H23N3S/c1-11-4-3-8-19(9-7-11)16-13(15(17)20)10-12-5-2-6-14(12)18-16/h10-11H,2-9H2,1H3,(H2,17,20). The predicted octanol–water partition coefficient (Wildman–Crippen LogP) is 2.83. The van der Waals surface area contributed by atoms with E-state index in [2.05, 4.69) is 17.9 Å². The van der Waals surface area contributed by atoms with Gasteiger partial charge in [-0.2, -0.15) is 0 Å². The first-order chi connectivity index (χ1) is 9.65. The van der Waals surface area contributed by atoms with Crippen LogP contribution in [0.5, 0.6) is 0 Å². The van der Waals surface area contributed by atoms with Gasteiger partial charge in [-0.05, 0) is 56.1 Å². The van der Waals surface area contributed by atoms with Crippen LogP contribution in [0.4, 0.5) is 5.82 Å². The zero-order valence-corrected chi connectivity index (χ0v) is 13.0. The lowest BCUT2D eigenvalue weighted by molar-refractivity contribution is 0.521. The third-order valence-corrected chi connectivity index (χ3v) is 4.83. The van der Waals surface area contributed by atoms with Crippen LogP contribution in [0.15, 0.2) is 6.07 Å². The predicted molar refractivity (Wildman–Crippen MR) is 87.4 cm³/mol. The minimum absolute atomic E-state index is 0.486. The number of aryl methyl sites for hydroxylation is 2. The van der Waals surface area contributed by atoms with Crippen LogP contribution in [0.25, 0.3) is 0 Å². The second-order valence-corrected chi connectivity index (χ2v) is 6.65. The van der Waals surface area contributed by atoms with Crippen molar-refractivity contribution in [1.82, 2.24) is 4.98 Å². The fraction of sp³-hybridized carbons (Fsp3) is 0.625. The zero-order chi connectivity index (χ0) is 14.1. The molecule has 2 N–H and O–H groups in total. The van der Waals surface area contributed by atoms with Gasteiger partial charge in [-0.25, -0.2) is 4.98 Å². The van der Waals surface area contributed by atoms with Crippen molar-refractivity contribution >= 4 is 23.0 Å². The molecule has 0 radical (unpaired) electrons. The summed E-state index contributed by atoms with van der Waals surface area (Å²) in [5.41, 5.74) is 9.54. The highest BCUT2D eigenvalue weighted by Gasteiger charge is 2.22. The van der Waals surface area contributed by atoms with Crippen molar-refractivity contribution < 1.29 is 0 Å². The molecule has 0 aromatic carbocycles. The molecule has 20 heavy (non-hydrogen) atoms. The number of thiocarbonyl (C=S) groups is 1. The average Bonchev–Trinajstić information content (AvgIpc) is 2.77. The van der Waals surface area contributed by atoms with Gasteiger partial charge in [-0.3, -0.25) is 0 Å². The van der Waals surface area contributed by atoms with Crippen molar-refractivity contribution in [2.45, 2.75) is 45.4 Å². The lowest BCUT2D eigenvalue weighted by Gasteiger charge is -2.25. The Labute approximate surface area is 126 Å². The lowest BCUT2D eigenvalue weighted by Crippen LogP contribution is -2.29. The van der Waals surface area contributed by atoms with Gasteiger partial charge in [-0.15, -0.1) is 0 Å². The van der Waals surface area contributed by atoms with Gasteiger partial charge >= 0.3 is 0 Å². The van der Waals surface area contributed by atoms with Gasteiger partial charge in [0.15, 0.2) is 0 Å². The van der Waals surface area contributed by atoms with E-state index in [0.29, 0.717) is 4.99 Å². The van der Waals surface area contributed by atoms with Crippen molar-refractivity contribution in [3.8, 4) is 0 Å². The molecule has 108 valence electrons. The number of nitrogens with two attached hydrogens (primary N) is 1. The Bertz CT molecular complexity index is 527. The molecule has 1 fully saturated rings. The Balaban J connectivity index is 1.96. The van der Waals surface area contributed by atoms with Crippen LogP contribution in [0, 0.1) is 5.92 Å². The maximum absolute atomic E-state index is 5.95. The third kappa shape index (κ3) is 2.66. The molecule has 1 aromatic heterocycles. The Morgan fingerprint density at radius 2 is 2.15 bits per heavy atom. The van der Waals surface area contributed by atoms with Crippen molar-refractivity contribution in [1.29, 1.82) is 0 Å². The van der Waals surface area contributed by atoms with E-state index in [1.165, 1.54) is 36.9 Å². The normalized spacial score (nSPS) is 22.4. The molecule has 2 heterocycles. The van der Waals surface area contributed by atoms with Gasteiger partial charge in [0.1, 0.15) is 10.8 Å². The smallest absolute Gasteiger partial charge is 0.139 e. The minimum atomic E-state index is 0.486. The summed E-state index contributed by atoms with van der Waals surface area (Å²) in [5, 5.41) is 0. The number of nitrogens with zero attached hydrogens (tertiary/aromatic N) is 2. The molecular formula is C16H23N3S. The van der Waals surface area contributed by atoms with E-state index in [9.17, 15) is 0 Å². The van der Waals surface area contributed by atoms with E-state index in [-0.39, 0.29) is 0 Å². The van der Waals surface area contributed by atoms with Gasteiger partial charge in [0, 0.05) is 18.8 Å². The van der Waals surface area contributed by atoms with Gasteiger partial charge < -0.3 is 10.6 Å². The monoisotopic (exact) mass is 289 g/mol. The number of aromatic nitrogens is 1. The highest BCUT2D eigenvalue weighted by atomic mass is 32.1. The molecule has 1 aromatic rings. The average molecular weight is 289 g/mol. The number of hydrogen-bond donors (Lipinski definition) is 1. The lowest BCUT2D eigenvalue weighted by atomic mass is 10.0. The number of fused-ring (bicyclic) bond motifs is 1. The van der Waals surface area contributed by atoms with Crippen LogP contribution < -0.4 is 10.6 Å². The van der Waals surface area contributed by atoms with E-state index in [4.69, 9.17) is 22.9 Å². The summed E-state index contributed by atoms with van der Waals surface area (Å²) < 4.78 is 0. The molecule has 0 amide bonds. The van der Waals surface area contributed by atoms with Gasteiger partial charge in [0.05, 0.1) is 5.56 Å². The number of pyridine rings is 1. The molecule has 1 unspecified atom stereocenters. The van der Waals surface area contributed by atoms with Crippen LogP contribution in [-0.2, 0) is 12.8 Å². The summed E-state index contributed by atoms with van der Waals surface area (Å²) in [6.07, 6.45) is 7.20. The van der Waals surface area contributed by atoms with E-state index < -0.39 is 0 Å². The first-order valence-electron chi connectivity index (χ1n) is 7.72. The van der Waals surface area contributed by atoms with Crippen molar-refractivity contribution in [2.24, 2.45) is 11.7 Å². The summed E-state index contributed by atoms with van der Waals surface area (Å²) in [7, 11) is 0. The van der Waals surface area contributed by atoms with Crippen molar-refractivity contribution in [2.75, 3.05) is 18.0 Å². The molecule has 0 saturated carbocycles. The first-order valence-corrected chi connectivity index (χ1v) is 8.13. The first kappa shape index (κ1) is 13.8. The molecule has 0 bridgehead atoms. The fourth-order valence-electron chi connectivity index (χ4n) is 3.36. The Hall–Kier alpha value is -1.16. The summed E-state index contributed by atoms with van der Waals surface area (Å²) in [6.45, 7) is 4.49. The summed E-state index contributed by atoms with van der Waals surface area (Å²) in [6, 6.07) is 2.20. The molecule has 1 atom stereocenters. The molecule has 2 aliphatic rings. The Morgan fingerprint density at radius 1 is 1.30 bits per heavy atom. The van der Waals surface area contributed by atoms with E-state index in [1.807, 2.05) is 0 Å². The second-order valence-electron chi connectivity index (χ2n) is 6.21. The van der Waals surface area contributed by atoms with Crippen molar-refractivity contribution in [3.05, 3.63) is 22.9 Å². The van der Waals surface area contributed by atoms with Gasteiger partial charge in [0.25, 0.3) is 0 Å². The SMILES string of the molecule is CC1CCCN(c2nc3c(cc2C(N)=S)CCC3)CC1. The van der Waals surface area contributed by atoms with Gasteiger partial charge in [0.2, 0.25) is 0 Å². The molecule has 4 heteroatoms. The molecule has 1 saturated heterocycles. The molecule has 3 rings (SSSR count). The number of anilines is 1. The quantitative estimate of drug-likeness (QED) is 0.850. The van der Waals surface area contributed by atoms with E-state index in [1.54, 1.807) is 0 Å². The summed E-state index contributed by atoms with van der Waals surface area (Å²) in [4.78, 5) is 7.81. The zero-order valence-electron chi connectivity index (χ0n) is 12.2. The minimum Gasteiger partial charge on any atom is -0.389 e. The largest absolute Gasteiger partial charge is 0.389 e. The van der Waals surface area contributed by atoms with Gasteiger partial charge in [-0.1, -0.05) is 19.1 Å². The molecule has 1 aliphatic heterocycles. The van der Waals surface area contributed by atoms with E-state index >= 15 is 0 Å². The summed E-state index contributed by atoms with van der Waals surface area (Å²) >= 11 is 5.26. The van der Waals surface area contributed by atoms with E-state index in [0.717, 1.165) is 43.2 Å². The van der Waals surface area contributed by atoms with Crippen LogP contribution >= 0.6 is 12.2 Å². The summed E-state index contributed by atoms with van der Waals surface area (Å²) in [5.74, 6) is 1.84. The number of rotatable bonds is 2. The highest BCUT2D eigenvalue weighted by molar-refractivity contribution is 7.80. The Morgan fingerprint density at radius 3 is 2.95 bits per heavy atom. The van der Waals surface area contributed by atoms with Crippen LogP contribution in [0.3, 0.4) is 0 Å². The fourth-order valence-corrected chi connectivity index (χ4v) is 3.51.